The lowest BCUT2D eigenvalue weighted by Gasteiger charge is -2.27. The van der Waals surface area contributed by atoms with Crippen LogP contribution in [0.25, 0.3) is 0 Å². The second-order valence-electron chi connectivity index (χ2n) is 8.80. The monoisotopic (exact) mass is 494 g/mol. The second kappa shape index (κ2) is 11.0. The Morgan fingerprint density at radius 3 is 2.26 bits per heavy atom. The van der Waals surface area contributed by atoms with Crippen LogP contribution in [0, 0.1) is 27.7 Å². The van der Waals surface area contributed by atoms with Crippen molar-refractivity contribution in [2.75, 3.05) is 18.0 Å². The van der Waals surface area contributed by atoms with Crippen molar-refractivity contribution in [1.82, 2.24) is 5.32 Å². The molecule has 0 saturated heterocycles. The summed E-state index contributed by atoms with van der Waals surface area (Å²) in [6.07, 6.45) is 0.658. The number of hydrogen-bond donors (Lipinski definition) is 1. The first-order valence-electron chi connectivity index (χ1n) is 11.7. The summed E-state index contributed by atoms with van der Waals surface area (Å²) < 4.78 is 34.0. The molecule has 0 aliphatic heterocycles. The third-order valence-electron chi connectivity index (χ3n) is 6.31. The van der Waals surface area contributed by atoms with Gasteiger partial charge in [0.2, 0.25) is 5.91 Å². The van der Waals surface area contributed by atoms with Crippen molar-refractivity contribution in [2.45, 2.75) is 52.0 Å². The Labute approximate surface area is 209 Å². The SMILES string of the molecule is CCC(NC(=O)CN(c1cccc(C)c1C)S(=O)(=O)c1ccc(C)cc1)c1ccc(OC)c(C)c1. The maximum atomic E-state index is 13.7. The third kappa shape index (κ3) is 5.85. The average Bonchev–Trinajstić information content (AvgIpc) is 2.83. The Morgan fingerprint density at radius 1 is 0.971 bits per heavy atom. The van der Waals surface area contributed by atoms with E-state index in [2.05, 4.69) is 5.32 Å². The molecule has 0 saturated carbocycles. The smallest absolute Gasteiger partial charge is 0.264 e. The molecule has 1 atom stereocenters. The summed E-state index contributed by atoms with van der Waals surface area (Å²) in [5, 5.41) is 3.03. The van der Waals surface area contributed by atoms with Gasteiger partial charge in [-0.15, -0.1) is 0 Å². The summed E-state index contributed by atoms with van der Waals surface area (Å²) in [6.45, 7) is 9.30. The molecule has 1 unspecified atom stereocenters. The summed E-state index contributed by atoms with van der Waals surface area (Å²) in [7, 11) is -2.35. The molecule has 1 amide bonds. The summed E-state index contributed by atoms with van der Waals surface area (Å²) in [6, 6.07) is 17.7. The topological polar surface area (TPSA) is 75.7 Å². The molecular weight excluding hydrogens is 460 g/mol. The van der Waals surface area contributed by atoms with Crippen molar-refractivity contribution in [3.8, 4) is 5.75 Å². The van der Waals surface area contributed by atoms with Crippen LogP contribution in [-0.4, -0.2) is 28.0 Å². The number of methoxy groups -OCH3 is 1. The Morgan fingerprint density at radius 2 is 1.66 bits per heavy atom. The van der Waals surface area contributed by atoms with Gasteiger partial charge < -0.3 is 10.1 Å². The van der Waals surface area contributed by atoms with Crippen molar-refractivity contribution in [3.05, 3.63) is 88.5 Å². The predicted molar refractivity (Wildman–Crippen MR) is 141 cm³/mol. The van der Waals surface area contributed by atoms with Crippen LogP contribution >= 0.6 is 0 Å². The van der Waals surface area contributed by atoms with Crippen LogP contribution in [0.4, 0.5) is 5.69 Å². The minimum absolute atomic E-state index is 0.148. The molecular formula is C28H34N2O4S. The van der Waals surface area contributed by atoms with Crippen LogP contribution in [0.1, 0.15) is 47.2 Å². The van der Waals surface area contributed by atoms with Gasteiger partial charge in [0, 0.05) is 0 Å². The first-order valence-corrected chi connectivity index (χ1v) is 13.1. The number of nitrogens with zero attached hydrogens (tertiary/aromatic N) is 1. The summed E-state index contributed by atoms with van der Waals surface area (Å²) in [5.74, 6) is 0.405. The highest BCUT2D eigenvalue weighted by Gasteiger charge is 2.29. The zero-order valence-electron chi connectivity index (χ0n) is 21.3. The van der Waals surface area contributed by atoms with E-state index in [0.717, 1.165) is 33.6 Å². The van der Waals surface area contributed by atoms with E-state index < -0.39 is 10.0 Å². The van der Waals surface area contributed by atoms with Gasteiger partial charge >= 0.3 is 0 Å². The maximum absolute atomic E-state index is 13.7. The van der Waals surface area contributed by atoms with E-state index in [4.69, 9.17) is 4.74 Å². The lowest BCUT2D eigenvalue weighted by Crippen LogP contribution is -2.42. The van der Waals surface area contributed by atoms with E-state index in [9.17, 15) is 13.2 Å². The van der Waals surface area contributed by atoms with Gasteiger partial charge in [0.1, 0.15) is 12.3 Å². The first kappa shape index (κ1) is 26.3. The molecule has 35 heavy (non-hydrogen) atoms. The van der Waals surface area contributed by atoms with Crippen molar-refractivity contribution in [3.63, 3.8) is 0 Å². The highest BCUT2D eigenvalue weighted by Crippen LogP contribution is 2.29. The number of aryl methyl sites for hydroxylation is 3. The van der Waals surface area contributed by atoms with Gasteiger partial charge in [-0.25, -0.2) is 8.42 Å². The number of rotatable bonds is 9. The molecule has 3 aromatic rings. The molecule has 0 aliphatic rings. The van der Waals surface area contributed by atoms with E-state index >= 15 is 0 Å². The highest BCUT2D eigenvalue weighted by atomic mass is 32.2. The van der Waals surface area contributed by atoms with Crippen LogP contribution in [-0.2, 0) is 14.8 Å². The number of nitrogens with one attached hydrogen (secondary N) is 1. The van der Waals surface area contributed by atoms with Crippen LogP contribution in [0.2, 0.25) is 0 Å². The van der Waals surface area contributed by atoms with Crippen LogP contribution in [0.5, 0.6) is 5.75 Å². The summed E-state index contributed by atoms with van der Waals surface area (Å²) in [4.78, 5) is 13.4. The van der Waals surface area contributed by atoms with Gasteiger partial charge in [-0.1, -0.05) is 48.9 Å². The van der Waals surface area contributed by atoms with E-state index in [1.807, 2.05) is 65.0 Å². The fraction of sp³-hybridized carbons (Fsp3) is 0.321. The molecule has 0 radical (unpaired) electrons. The first-order chi connectivity index (χ1) is 16.6. The van der Waals surface area contributed by atoms with Crippen LogP contribution in [0.15, 0.2) is 65.6 Å². The minimum atomic E-state index is -3.97. The molecule has 0 aromatic heterocycles. The summed E-state index contributed by atoms with van der Waals surface area (Å²) >= 11 is 0. The number of carbonyl (C=O) groups excluding carboxylic acids is 1. The number of amides is 1. The molecule has 0 heterocycles. The van der Waals surface area contributed by atoms with Crippen LogP contribution in [0.3, 0.4) is 0 Å². The normalized spacial score (nSPS) is 12.2. The zero-order valence-corrected chi connectivity index (χ0v) is 22.1. The van der Waals surface area contributed by atoms with Crippen molar-refractivity contribution < 1.29 is 17.9 Å². The fourth-order valence-corrected chi connectivity index (χ4v) is 5.53. The number of sulfonamides is 1. The second-order valence-corrected chi connectivity index (χ2v) is 10.7. The molecule has 0 fully saturated rings. The van der Waals surface area contributed by atoms with Crippen molar-refractivity contribution in [2.24, 2.45) is 0 Å². The van der Waals surface area contributed by atoms with Crippen molar-refractivity contribution in [1.29, 1.82) is 0 Å². The Kier molecular flexibility index (Phi) is 8.22. The molecule has 186 valence electrons. The quantitative estimate of drug-likeness (QED) is 0.433. The number of carbonyl (C=O) groups is 1. The maximum Gasteiger partial charge on any atom is 0.264 e. The lowest BCUT2D eigenvalue weighted by atomic mass is 10.0. The van der Waals surface area contributed by atoms with Gasteiger partial charge in [-0.3, -0.25) is 9.10 Å². The Hall–Kier alpha value is -3.32. The molecule has 3 rings (SSSR count). The third-order valence-corrected chi connectivity index (χ3v) is 8.08. The number of benzene rings is 3. The lowest BCUT2D eigenvalue weighted by molar-refractivity contribution is -0.120. The van der Waals surface area contributed by atoms with Gasteiger partial charge in [0.05, 0.1) is 23.7 Å². The van der Waals surface area contributed by atoms with E-state index in [1.165, 1.54) is 4.31 Å². The van der Waals surface area contributed by atoms with E-state index in [0.29, 0.717) is 12.1 Å². The number of ether oxygens (including phenoxy) is 1. The Bertz CT molecular complexity index is 1300. The molecule has 7 heteroatoms. The predicted octanol–water partition coefficient (Wildman–Crippen LogP) is 5.39. The minimum Gasteiger partial charge on any atom is -0.496 e. The molecule has 0 spiro atoms. The van der Waals surface area contributed by atoms with Gasteiger partial charge in [-0.05, 0) is 80.6 Å². The molecule has 0 aliphatic carbocycles. The zero-order chi connectivity index (χ0) is 25.8. The average molecular weight is 495 g/mol. The molecule has 3 aromatic carbocycles. The van der Waals surface area contributed by atoms with Crippen molar-refractivity contribution >= 4 is 21.6 Å². The number of hydrogen-bond acceptors (Lipinski definition) is 4. The van der Waals surface area contributed by atoms with E-state index in [-0.39, 0.29) is 23.4 Å². The molecule has 6 nitrogen and oxygen atoms in total. The standard InChI is InChI=1S/C28H34N2O4S/c1-7-25(23-13-16-27(34-6)21(4)17-23)29-28(31)18-30(26-10-8-9-20(3)22(26)5)35(32,33)24-14-11-19(2)12-15-24/h8-17,25H,7,18H2,1-6H3,(H,29,31). The van der Waals surface area contributed by atoms with Crippen LogP contribution < -0.4 is 14.4 Å². The highest BCUT2D eigenvalue weighted by molar-refractivity contribution is 7.92. The van der Waals surface area contributed by atoms with E-state index in [1.54, 1.807) is 37.4 Å². The Balaban J connectivity index is 1.95. The van der Waals surface area contributed by atoms with Gasteiger partial charge in [-0.2, -0.15) is 0 Å². The summed E-state index contributed by atoms with van der Waals surface area (Å²) in [5.41, 5.74) is 5.13. The molecule has 0 bridgehead atoms. The number of anilines is 1. The fourth-order valence-electron chi connectivity index (χ4n) is 4.05. The van der Waals surface area contributed by atoms with Gasteiger partial charge in [0.15, 0.2) is 0 Å². The largest absolute Gasteiger partial charge is 0.496 e. The molecule has 1 N–H and O–H groups in total. The van der Waals surface area contributed by atoms with Gasteiger partial charge in [0.25, 0.3) is 10.0 Å².